The number of rotatable bonds is 0. The Bertz CT molecular complexity index is 265. The topological polar surface area (TPSA) is 34.1 Å². The van der Waals surface area contributed by atoms with Crippen LogP contribution in [0, 0.1) is 5.41 Å². The maximum Gasteiger partial charge on any atom is 0.169 e. The molecule has 2 rings (SSSR count). The van der Waals surface area contributed by atoms with Crippen LogP contribution in [0.3, 0.4) is 0 Å². The van der Waals surface area contributed by atoms with Crippen molar-refractivity contribution < 1.29 is 9.59 Å². The van der Waals surface area contributed by atoms with Gasteiger partial charge in [0.05, 0.1) is 5.41 Å². The van der Waals surface area contributed by atoms with Gasteiger partial charge >= 0.3 is 0 Å². The average molecular weight is 164 g/mol. The first-order valence-electron chi connectivity index (χ1n) is 4.50. The Hall–Kier alpha value is -0.920. The summed E-state index contributed by atoms with van der Waals surface area (Å²) in [5.41, 5.74) is -0.599. The Balaban J connectivity index is 2.29. The van der Waals surface area contributed by atoms with Gasteiger partial charge in [0.15, 0.2) is 5.78 Å². The summed E-state index contributed by atoms with van der Waals surface area (Å²) >= 11 is 0. The van der Waals surface area contributed by atoms with Crippen molar-refractivity contribution in [3.05, 3.63) is 12.2 Å². The van der Waals surface area contributed by atoms with Crippen molar-refractivity contribution in [1.82, 2.24) is 0 Å². The van der Waals surface area contributed by atoms with Crippen LogP contribution in [-0.4, -0.2) is 11.6 Å². The van der Waals surface area contributed by atoms with Crippen molar-refractivity contribution >= 4 is 11.6 Å². The average Bonchev–Trinajstić information content (AvgIpc) is 2.41. The third-order valence-corrected chi connectivity index (χ3v) is 3.00. The molecule has 1 saturated carbocycles. The molecule has 0 aliphatic heterocycles. The second kappa shape index (κ2) is 2.54. The maximum absolute atomic E-state index is 11.6. The Morgan fingerprint density at radius 1 is 1.25 bits per heavy atom. The Kier molecular flexibility index (Phi) is 1.63. The third-order valence-electron chi connectivity index (χ3n) is 3.00. The molecule has 1 fully saturated rings. The van der Waals surface area contributed by atoms with Gasteiger partial charge in [-0.1, -0.05) is 12.5 Å². The van der Waals surface area contributed by atoms with Gasteiger partial charge < -0.3 is 0 Å². The summed E-state index contributed by atoms with van der Waals surface area (Å²) in [5.74, 6) is 0.218. The molecule has 0 radical (unpaired) electrons. The van der Waals surface area contributed by atoms with E-state index in [9.17, 15) is 9.59 Å². The normalized spacial score (nSPS) is 35.0. The van der Waals surface area contributed by atoms with E-state index < -0.39 is 5.41 Å². The van der Waals surface area contributed by atoms with Crippen molar-refractivity contribution in [2.75, 3.05) is 0 Å². The van der Waals surface area contributed by atoms with E-state index >= 15 is 0 Å². The fraction of sp³-hybridized carbons (Fsp3) is 0.600. The Morgan fingerprint density at radius 2 is 2.08 bits per heavy atom. The minimum atomic E-state index is -0.599. The number of Topliss-reactive ketones (excluding diaryl/α,β-unsaturated/α-hetero) is 1. The Labute approximate surface area is 71.6 Å². The largest absolute Gasteiger partial charge is 0.299 e. The molecule has 2 nitrogen and oxygen atoms in total. The molecular formula is C10H12O2. The molecule has 64 valence electrons. The van der Waals surface area contributed by atoms with Crippen LogP contribution in [0.15, 0.2) is 12.2 Å². The maximum atomic E-state index is 11.6. The molecule has 1 spiro atoms. The summed E-state index contributed by atoms with van der Waals surface area (Å²) in [6, 6.07) is 0. The lowest BCUT2D eigenvalue weighted by Crippen LogP contribution is -2.38. The first-order chi connectivity index (χ1) is 5.76. The van der Waals surface area contributed by atoms with Gasteiger partial charge in [-0.15, -0.1) is 0 Å². The van der Waals surface area contributed by atoms with Crippen molar-refractivity contribution in [2.24, 2.45) is 5.41 Å². The van der Waals surface area contributed by atoms with E-state index in [0.717, 1.165) is 19.3 Å². The van der Waals surface area contributed by atoms with Crippen LogP contribution in [0.4, 0.5) is 0 Å². The zero-order valence-electron chi connectivity index (χ0n) is 7.01. The second-order valence-electron chi connectivity index (χ2n) is 3.68. The van der Waals surface area contributed by atoms with Crippen LogP contribution in [0.2, 0.25) is 0 Å². The first kappa shape index (κ1) is 7.71. The van der Waals surface area contributed by atoms with E-state index in [4.69, 9.17) is 0 Å². The number of ketones is 2. The highest BCUT2D eigenvalue weighted by molar-refractivity contribution is 6.13. The van der Waals surface area contributed by atoms with Gasteiger partial charge in [0.25, 0.3) is 0 Å². The highest BCUT2D eigenvalue weighted by Crippen LogP contribution is 2.40. The molecule has 0 N–H and O–H groups in total. The standard InChI is InChI=1S/C10H12O2/c11-8-4-1-2-6-10(8)7-3-5-9(10)12/h3,5H,1-2,4,6-7H2. The lowest BCUT2D eigenvalue weighted by atomic mass is 9.71. The SMILES string of the molecule is O=C1C=CCC12CCCCC2=O. The highest BCUT2D eigenvalue weighted by Gasteiger charge is 2.46. The molecule has 2 aliphatic carbocycles. The summed E-state index contributed by atoms with van der Waals surface area (Å²) < 4.78 is 0. The minimum absolute atomic E-state index is 0.0483. The molecular weight excluding hydrogens is 152 g/mol. The minimum Gasteiger partial charge on any atom is -0.299 e. The fourth-order valence-electron chi connectivity index (χ4n) is 2.19. The third kappa shape index (κ3) is 0.872. The molecule has 2 heteroatoms. The first-order valence-corrected chi connectivity index (χ1v) is 4.50. The van der Waals surface area contributed by atoms with Crippen LogP contribution < -0.4 is 0 Å². The van der Waals surface area contributed by atoms with Crippen LogP contribution >= 0.6 is 0 Å². The molecule has 1 atom stereocenters. The van der Waals surface area contributed by atoms with Crippen molar-refractivity contribution in [2.45, 2.75) is 32.1 Å². The van der Waals surface area contributed by atoms with E-state index in [0.29, 0.717) is 12.8 Å². The highest BCUT2D eigenvalue weighted by atomic mass is 16.2. The van der Waals surface area contributed by atoms with Crippen molar-refractivity contribution in [3.63, 3.8) is 0 Å². The molecule has 0 aromatic carbocycles. The van der Waals surface area contributed by atoms with Crippen molar-refractivity contribution in [3.8, 4) is 0 Å². The zero-order valence-corrected chi connectivity index (χ0v) is 7.01. The predicted molar refractivity (Wildman–Crippen MR) is 44.7 cm³/mol. The number of carbonyl (C=O) groups excluding carboxylic acids is 2. The summed E-state index contributed by atoms with van der Waals surface area (Å²) in [6.07, 6.45) is 7.44. The molecule has 1 unspecified atom stereocenters. The molecule has 0 amide bonds. The van der Waals surface area contributed by atoms with E-state index in [2.05, 4.69) is 0 Å². The van der Waals surface area contributed by atoms with E-state index in [-0.39, 0.29) is 11.6 Å². The fourth-order valence-corrected chi connectivity index (χ4v) is 2.19. The molecule has 0 bridgehead atoms. The predicted octanol–water partition coefficient (Wildman–Crippen LogP) is 1.64. The summed E-state index contributed by atoms with van der Waals surface area (Å²) in [5, 5.41) is 0. The molecule has 0 aromatic heterocycles. The molecule has 0 heterocycles. The lowest BCUT2D eigenvalue weighted by Gasteiger charge is -2.29. The molecule has 0 saturated heterocycles. The quantitative estimate of drug-likeness (QED) is 0.510. The lowest BCUT2D eigenvalue weighted by molar-refractivity contribution is -0.139. The summed E-state index contributed by atoms with van der Waals surface area (Å²) in [7, 11) is 0. The van der Waals surface area contributed by atoms with Gasteiger partial charge in [-0.2, -0.15) is 0 Å². The molecule has 12 heavy (non-hydrogen) atoms. The van der Waals surface area contributed by atoms with E-state index in [1.807, 2.05) is 6.08 Å². The van der Waals surface area contributed by atoms with Gasteiger partial charge in [-0.3, -0.25) is 9.59 Å². The molecule has 0 aromatic rings. The van der Waals surface area contributed by atoms with Crippen LogP contribution in [0.5, 0.6) is 0 Å². The van der Waals surface area contributed by atoms with Gasteiger partial charge in [0.2, 0.25) is 0 Å². The number of hydrogen-bond donors (Lipinski definition) is 0. The number of carbonyl (C=O) groups is 2. The van der Waals surface area contributed by atoms with Gasteiger partial charge in [-0.25, -0.2) is 0 Å². The van der Waals surface area contributed by atoms with Gasteiger partial charge in [0, 0.05) is 6.42 Å². The van der Waals surface area contributed by atoms with Crippen LogP contribution in [0.25, 0.3) is 0 Å². The monoisotopic (exact) mass is 164 g/mol. The van der Waals surface area contributed by atoms with Crippen molar-refractivity contribution in [1.29, 1.82) is 0 Å². The molecule has 2 aliphatic rings. The zero-order chi connectivity index (χ0) is 8.60. The summed E-state index contributed by atoms with van der Waals surface area (Å²) in [6.45, 7) is 0. The van der Waals surface area contributed by atoms with Gasteiger partial charge in [0.1, 0.15) is 5.78 Å². The van der Waals surface area contributed by atoms with E-state index in [1.54, 1.807) is 6.08 Å². The van der Waals surface area contributed by atoms with Crippen LogP contribution in [0.1, 0.15) is 32.1 Å². The van der Waals surface area contributed by atoms with Crippen LogP contribution in [-0.2, 0) is 9.59 Å². The second-order valence-corrected chi connectivity index (χ2v) is 3.68. The number of hydrogen-bond acceptors (Lipinski definition) is 2. The van der Waals surface area contributed by atoms with Gasteiger partial charge in [-0.05, 0) is 25.3 Å². The smallest absolute Gasteiger partial charge is 0.169 e. The summed E-state index contributed by atoms with van der Waals surface area (Å²) in [4.78, 5) is 23.0. The Morgan fingerprint density at radius 3 is 2.67 bits per heavy atom. The van der Waals surface area contributed by atoms with E-state index in [1.165, 1.54) is 0 Å². The number of allylic oxidation sites excluding steroid dienone is 2.